The van der Waals surface area contributed by atoms with Gasteiger partial charge >= 0.3 is 0 Å². The van der Waals surface area contributed by atoms with Crippen LogP contribution < -0.4 is 15.0 Å². The van der Waals surface area contributed by atoms with Crippen molar-refractivity contribution in [1.82, 2.24) is 4.98 Å². The average molecular weight is 460 g/mol. The Bertz CT molecular complexity index is 1160. The molecule has 1 aliphatic rings. The summed E-state index contributed by atoms with van der Waals surface area (Å²) in [5.74, 6) is 0.159. The number of nitrogens with one attached hydrogen (secondary N) is 1. The summed E-state index contributed by atoms with van der Waals surface area (Å²) >= 11 is 13.2. The Kier molecular flexibility index (Phi) is 5.76. The lowest BCUT2D eigenvalue weighted by Gasteiger charge is -2.28. The van der Waals surface area contributed by atoms with Gasteiger partial charge in [0.25, 0.3) is 11.8 Å². The summed E-state index contributed by atoms with van der Waals surface area (Å²) in [5, 5.41) is 5.71. The highest BCUT2D eigenvalue weighted by molar-refractivity contribution is 7.14. The zero-order valence-corrected chi connectivity index (χ0v) is 17.9. The predicted molar refractivity (Wildman–Crippen MR) is 120 cm³/mol. The van der Waals surface area contributed by atoms with Gasteiger partial charge in [0, 0.05) is 23.1 Å². The maximum atomic E-state index is 12.4. The first kappa shape index (κ1) is 20.4. The molecule has 0 unspecified atom stereocenters. The van der Waals surface area contributed by atoms with Crippen LogP contribution in [0.2, 0.25) is 10.0 Å². The van der Waals surface area contributed by atoms with Gasteiger partial charge in [0.1, 0.15) is 5.75 Å². The van der Waals surface area contributed by atoms with Crippen molar-refractivity contribution < 1.29 is 14.3 Å². The number of benzene rings is 2. The van der Waals surface area contributed by atoms with E-state index >= 15 is 0 Å². The van der Waals surface area contributed by atoms with Gasteiger partial charge in [-0.3, -0.25) is 14.9 Å². The van der Waals surface area contributed by atoms with Crippen LogP contribution in [0.1, 0.15) is 10.4 Å². The fourth-order valence-corrected chi connectivity index (χ4v) is 3.97. The molecule has 9 heteroatoms. The number of carbonyl (C=O) groups excluding carboxylic acids is 2. The molecule has 152 valence electrons. The molecule has 2 amide bonds. The molecule has 0 spiro atoms. The summed E-state index contributed by atoms with van der Waals surface area (Å²) in [6, 6.07) is 10.2. The van der Waals surface area contributed by atoms with Gasteiger partial charge in [-0.2, -0.15) is 0 Å². The maximum Gasteiger partial charge on any atom is 0.265 e. The minimum absolute atomic E-state index is 0.00177. The molecule has 3 aromatic rings. The number of hydrogen-bond acceptors (Lipinski definition) is 5. The van der Waals surface area contributed by atoms with Crippen molar-refractivity contribution in [1.29, 1.82) is 0 Å². The molecule has 2 aromatic carbocycles. The third-order valence-corrected chi connectivity index (χ3v) is 5.91. The van der Waals surface area contributed by atoms with Gasteiger partial charge in [0.15, 0.2) is 11.7 Å². The standard InChI is InChI=1S/C21H15Cl2N3O3S/c1-2-7-26-17-9-12(4-6-18(17)29-10-19(26)27)16-11-30-21(24-16)25-20(28)13-3-5-14(22)15(23)8-13/h2-6,8-9,11H,1,7,10H2,(H,24,25,28). The number of rotatable bonds is 5. The third-order valence-electron chi connectivity index (χ3n) is 4.42. The summed E-state index contributed by atoms with van der Waals surface area (Å²) in [6.45, 7) is 4.10. The average Bonchev–Trinajstić information content (AvgIpc) is 3.20. The van der Waals surface area contributed by atoms with Crippen LogP contribution in [-0.2, 0) is 4.79 Å². The highest BCUT2D eigenvalue weighted by Gasteiger charge is 2.25. The molecular weight excluding hydrogens is 445 g/mol. The summed E-state index contributed by atoms with van der Waals surface area (Å²) in [6.07, 6.45) is 1.67. The fraction of sp³-hybridized carbons (Fsp3) is 0.0952. The van der Waals surface area contributed by atoms with Crippen LogP contribution in [0, 0.1) is 0 Å². The van der Waals surface area contributed by atoms with Gasteiger partial charge in [-0.1, -0.05) is 29.3 Å². The normalized spacial score (nSPS) is 12.9. The van der Waals surface area contributed by atoms with E-state index < -0.39 is 0 Å². The van der Waals surface area contributed by atoms with Gasteiger partial charge < -0.3 is 9.64 Å². The summed E-state index contributed by atoms with van der Waals surface area (Å²) < 4.78 is 5.51. The minimum atomic E-state index is -0.337. The second kappa shape index (κ2) is 8.47. The van der Waals surface area contributed by atoms with E-state index in [1.54, 1.807) is 29.2 Å². The second-order valence-corrected chi connectivity index (χ2v) is 8.06. The number of carbonyl (C=O) groups is 2. The summed E-state index contributed by atoms with van der Waals surface area (Å²) in [5.41, 5.74) is 2.51. The molecule has 1 aliphatic heterocycles. The van der Waals surface area contributed by atoms with Gasteiger partial charge in [-0.25, -0.2) is 4.98 Å². The van der Waals surface area contributed by atoms with Crippen molar-refractivity contribution in [3.05, 3.63) is 70.0 Å². The molecule has 0 bridgehead atoms. The lowest BCUT2D eigenvalue weighted by atomic mass is 10.1. The molecule has 0 saturated heterocycles. The highest BCUT2D eigenvalue weighted by Crippen LogP contribution is 2.36. The zero-order chi connectivity index (χ0) is 21.3. The Hall–Kier alpha value is -2.87. The first-order valence-electron chi connectivity index (χ1n) is 8.86. The molecule has 0 atom stereocenters. The van der Waals surface area contributed by atoms with Gasteiger partial charge in [0.2, 0.25) is 0 Å². The summed E-state index contributed by atoms with van der Waals surface area (Å²) in [7, 11) is 0. The van der Waals surface area contributed by atoms with Gasteiger partial charge in [-0.15, -0.1) is 17.9 Å². The molecule has 0 aliphatic carbocycles. The van der Waals surface area contributed by atoms with Crippen LogP contribution in [0.15, 0.2) is 54.4 Å². The highest BCUT2D eigenvalue weighted by atomic mass is 35.5. The van der Waals surface area contributed by atoms with Crippen LogP contribution in [0.3, 0.4) is 0 Å². The lowest BCUT2D eigenvalue weighted by Crippen LogP contribution is -2.38. The lowest BCUT2D eigenvalue weighted by molar-refractivity contribution is -0.121. The maximum absolute atomic E-state index is 12.4. The molecule has 0 saturated carbocycles. The molecule has 4 rings (SSSR count). The second-order valence-electron chi connectivity index (χ2n) is 6.39. The molecule has 30 heavy (non-hydrogen) atoms. The number of aromatic nitrogens is 1. The quantitative estimate of drug-likeness (QED) is 0.526. The minimum Gasteiger partial charge on any atom is -0.482 e. The van der Waals surface area contributed by atoms with Gasteiger partial charge in [-0.05, 0) is 36.4 Å². The van der Waals surface area contributed by atoms with E-state index in [1.165, 1.54) is 17.4 Å². The van der Waals surface area contributed by atoms with Crippen LogP contribution in [0.25, 0.3) is 11.3 Å². The monoisotopic (exact) mass is 459 g/mol. The number of amides is 2. The SMILES string of the molecule is C=CCN1C(=O)COc2ccc(-c3csc(NC(=O)c4ccc(Cl)c(Cl)c4)n3)cc21. The molecular formula is C21H15Cl2N3O3S. The third kappa shape index (κ3) is 4.05. The van der Waals surface area contributed by atoms with Gasteiger partial charge in [0.05, 0.1) is 21.4 Å². The number of nitrogens with zero attached hydrogens (tertiary/aromatic N) is 2. The van der Waals surface area contributed by atoms with Crippen LogP contribution in [0.5, 0.6) is 5.75 Å². The van der Waals surface area contributed by atoms with Crippen molar-refractivity contribution in [3.8, 4) is 17.0 Å². The Balaban J connectivity index is 1.57. The smallest absolute Gasteiger partial charge is 0.265 e. The molecule has 0 fully saturated rings. The van der Waals surface area contributed by atoms with Crippen LogP contribution in [0.4, 0.5) is 10.8 Å². The predicted octanol–water partition coefficient (Wildman–Crippen LogP) is 5.28. The van der Waals surface area contributed by atoms with E-state index in [0.717, 1.165) is 5.56 Å². The zero-order valence-electron chi connectivity index (χ0n) is 15.5. The number of fused-ring (bicyclic) bond motifs is 1. The van der Waals surface area contributed by atoms with E-state index in [2.05, 4.69) is 16.9 Å². The van der Waals surface area contributed by atoms with Crippen molar-refractivity contribution in [3.63, 3.8) is 0 Å². The first-order valence-corrected chi connectivity index (χ1v) is 10.5. The van der Waals surface area contributed by atoms with Crippen molar-refractivity contribution in [2.45, 2.75) is 0 Å². The number of hydrogen-bond donors (Lipinski definition) is 1. The Morgan fingerprint density at radius 3 is 2.87 bits per heavy atom. The first-order chi connectivity index (χ1) is 14.5. The molecule has 0 radical (unpaired) electrons. The summed E-state index contributed by atoms with van der Waals surface area (Å²) in [4.78, 5) is 30.7. The molecule has 2 heterocycles. The largest absolute Gasteiger partial charge is 0.482 e. The number of ether oxygens (including phenoxy) is 1. The number of thiazole rings is 1. The van der Waals surface area contributed by atoms with Crippen molar-refractivity contribution >= 4 is 57.2 Å². The Morgan fingerprint density at radius 1 is 1.27 bits per heavy atom. The van der Waals surface area contributed by atoms with E-state index in [0.29, 0.717) is 44.4 Å². The topological polar surface area (TPSA) is 71.5 Å². The number of halogens is 2. The number of anilines is 2. The van der Waals surface area contributed by atoms with E-state index in [-0.39, 0.29) is 18.4 Å². The van der Waals surface area contributed by atoms with E-state index in [4.69, 9.17) is 27.9 Å². The van der Waals surface area contributed by atoms with Crippen LogP contribution in [-0.4, -0.2) is 29.9 Å². The Labute approximate surface area is 186 Å². The Morgan fingerprint density at radius 2 is 2.10 bits per heavy atom. The van der Waals surface area contributed by atoms with Crippen molar-refractivity contribution in [2.75, 3.05) is 23.4 Å². The molecule has 1 aromatic heterocycles. The van der Waals surface area contributed by atoms with E-state index in [1.807, 2.05) is 17.5 Å². The molecule has 6 nitrogen and oxygen atoms in total. The van der Waals surface area contributed by atoms with Crippen molar-refractivity contribution in [2.24, 2.45) is 0 Å². The van der Waals surface area contributed by atoms with E-state index in [9.17, 15) is 9.59 Å². The fourth-order valence-electron chi connectivity index (χ4n) is 2.96. The molecule has 1 N–H and O–H groups in total. The van der Waals surface area contributed by atoms with Crippen LogP contribution >= 0.6 is 34.5 Å².